The van der Waals surface area contributed by atoms with E-state index >= 15 is 0 Å². The average Bonchev–Trinajstić information content (AvgIpc) is 2.70. The van der Waals surface area contributed by atoms with Gasteiger partial charge in [0.05, 0.1) is 0 Å². The van der Waals surface area contributed by atoms with Gasteiger partial charge in [-0.25, -0.2) is 0 Å². The molecule has 2 aromatic rings. The SMILES string of the molecule is CCc1ccc(-c2cc3c(s2)CCNCC3)cc1. The number of hydrogen-bond donors (Lipinski definition) is 1. The number of rotatable bonds is 2. The van der Waals surface area contributed by atoms with Crippen molar-refractivity contribution in [3.8, 4) is 10.4 Å². The van der Waals surface area contributed by atoms with Crippen LogP contribution in [-0.4, -0.2) is 13.1 Å². The molecule has 18 heavy (non-hydrogen) atoms. The molecule has 1 aliphatic heterocycles. The maximum absolute atomic E-state index is 3.46. The van der Waals surface area contributed by atoms with Crippen molar-refractivity contribution in [3.05, 3.63) is 46.3 Å². The zero-order valence-corrected chi connectivity index (χ0v) is 11.6. The molecule has 0 unspecified atom stereocenters. The van der Waals surface area contributed by atoms with E-state index in [2.05, 4.69) is 42.6 Å². The molecule has 0 saturated carbocycles. The zero-order chi connectivity index (χ0) is 12.4. The van der Waals surface area contributed by atoms with E-state index < -0.39 is 0 Å². The number of benzene rings is 1. The summed E-state index contributed by atoms with van der Waals surface area (Å²) in [6.45, 7) is 4.45. The molecule has 0 aliphatic carbocycles. The molecule has 1 nitrogen and oxygen atoms in total. The van der Waals surface area contributed by atoms with Gasteiger partial charge in [0.15, 0.2) is 0 Å². The van der Waals surface area contributed by atoms with Crippen molar-refractivity contribution in [2.45, 2.75) is 26.2 Å². The van der Waals surface area contributed by atoms with Crippen molar-refractivity contribution in [1.82, 2.24) is 5.32 Å². The van der Waals surface area contributed by atoms with E-state index in [0.717, 1.165) is 19.5 Å². The quantitative estimate of drug-likeness (QED) is 0.865. The van der Waals surface area contributed by atoms with Crippen molar-refractivity contribution in [1.29, 1.82) is 0 Å². The third-order valence-corrected chi connectivity index (χ3v) is 4.93. The predicted molar refractivity (Wildman–Crippen MR) is 79.4 cm³/mol. The summed E-state index contributed by atoms with van der Waals surface area (Å²) in [5.41, 5.74) is 4.35. The van der Waals surface area contributed by atoms with Gasteiger partial charge in [0, 0.05) is 9.75 Å². The first kappa shape index (κ1) is 11.9. The Bertz CT molecular complexity index is 501. The van der Waals surface area contributed by atoms with E-state index in [0.29, 0.717) is 0 Å². The highest BCUT2D eigenvalue weighted by Gasteiger charge is 2.12. The van der Waals surface area contributed by atoms with Gasteiger partial charge in [0.25, 0.3) is 0 Å². The highest BCUT2D eigenvalue weighted by Crippen LogP contribution is 2.33. The smallest absolute Gasteiger partial charge is 0.0348 e. The van der Waals surface area contributed by atoms with Gasteiger partial charge in [-0.05, 0) is 55.1 Å². The maximum atomic E-state index is 3.46. The molecule has 1 aliphatic rings. The fourth-order valence-corrected chi connectivity index (χ4v) is 3.70. The van der Waals surface area contributed by atoms with E-state index in [1.165, 1.54) is 28.8 Å². The molecule has 0 bridgehead atoms. The molecule has 0 fully saturated rings. The molecule has 94 valence electrons. The maximum Gasteiger partial charge on any atom is 0.0348 e. The summed E-state index contributed by atoms with van der Waals surface area (Å²) >= 11 is 1.98. The van der Waals surface area contributed by atoms with Crippen molar-refractivity contribution in [2.75, 3.05) is 13.1 Å². The van der Waals surface area contributed by atoms with Crippen molar-refractivity contribution in [2.24, 2.45) is 0 Å². The average molecular weight is 257 g/mol. The second-order valence-electron chi connectivity index (χ2n) is 4.86. The fraction of sp³-hybridized carbons (Fsp3) is 0.375. The lowest BCUT2D eigenvalue weighted by atomic mass is 10.1. The lowest BCUT2D eigenvalue weighted by Gasteiger charge is -2.00. The topological polar surface area (TPSA) is 12.0 Å². The van der Waals surface area contributed by atoms with E-state index in [-0.39, 0.29) is 0 Å². The van der Waals surface area contributed by atoms with E-state index in [4.69, 9.17) is 0 Å². The van der Waals surface area contributed by atoms with Crippen LogP contribution in [0.3, 0.4) is 0 Å². The lowest BCUT2D eigenvalue weighted by Crippen LogP contribution is -2.16. The van der Waals surface area contributed by atoms with Crippen LogP contribution in [0, 0.1) is 0 Å². The Morgan fingerprint density at radius 2 is 1.89 bits per heavy atom. The van der Waals surface area contributed by atoms with E-state index in [1.807, 2.05) is 11.3 Å². The van der Waals surface area contributed by atoms with Gasteiger partial charge in [-0.1, -0.05) is 31.2 Å². The van der Waals surface area contributed by atoms with Gasteiger partial charge in [0.2, 0.25) is 0 Å². The molecule has 1 N–H and O–H groups in total. The molecule has 0 radical (unpaired) electrons. The monoisotopic (exact) mass is 257 g/mol. The molecule has 1 aromatic carbocycles. The summed E-state index contributed by atoms with van der Waals surface area (Å²) in [6.07, 6.45) is 3.48. The number of hydrogen-bond acceptors (Lipinski definition) is 2. The van der Waals surface area contributed by atoms with Crippen LogP contribution in [0.4, 0.5) is 0 Å². The summed E-state index contributed by atoms with van der Waals surface area (Å²) < 4.78 is 0. The molecule has 3 rings (SSSR count). The highest BCUT2D eigenvalue weighted by molar-refractivity contribution is 7.15. The Labute approximate surface area is 113 Å². The van der Waals surface area contributed by atoms with Crippen LogP contribution in [0.2, 0.25) is 0 Å². The molecular formula is C16H19NS. The second kappa shape index (κ2) is 5.25. The summed E-state index contributed by atoms with van der Waals surface area (Å²) in [6, 6.07) is 11.4. The largest absolute Gasteiger partial charge is 0.316 e. The number of thiophene rings is 1. The van der Waals surface area contributed by atoms with Gasteiger partial charge < -0.3 is 5.32 Å². The number of nitrogens with one attached hydrogen (secondary N) is 1. The third-order valence-electron chi connectivity index (χ3n) is 3.64. The van der Waals surface area contributed by atoms with Gasteiger partial charge >= 0.3 is 0 Å². The number of aryl methyl sites for hydroxylation is 1. The van der Waals surface area contributed by atoms with Crippen LogP contribution >= 0.6 is 11.3 Å². The second-order valence-corrected chi connectivity index (χ2v) is 6.00. The molecule has 0 amide bonds. The summed E-state index contributed by atoms with van der Waals surface area (Å²) in [4.78, 5) is 3.01. The summed E-state index contributed by atoms with van der Waals surface area (Å²) in [5, 5.41) is 3.46. The third kappa shape index (κ3) is 2.36. The van der Waals surface area contributed by atoms with Crippen molar-refractivity contribution in [3.63, 3.8) is 0 Å². The minimum absolute atomic E-state index is 1.12. The standard InChI is InChI=1S/C16H19NS/c1-2-12-3-5-13(6-4-12)16-11-14-7-9-17-10-8-15(14)18-16/h3-6,11,17H,2,7-10H2,1H3. The first-order valence-electron chi connectivity index (χ1n) is 6.78. The van der Waals surface area contributed by atoms with E-state index in [9.17, 15) is 0 Å². The Balaban J connectivity index is 1.91. The molecule has 2 heterocycles. The first-order chi connectivity index (χ1) is 8.86. The normalized spacial score (nSPS) is 15.2. The Kier molecular flexibility index (Phi) is 3.48. The van der Waals surface area contributed by atoms with Crippen LogP contribution < -0.4 is 5.32 Å². The minimum atomic E-state index is 1.12. The van der Waals surface area contributed by atoms with Crippen LogP contribution in [0.15, 0.2) is 30.3 Å². The van der Waals surface area contributed by atoms with E-state index in [1.54, 1.807) is 10.4 Å². The molecule has 0 atom stereocenters. The van der Waals surface area contributed by atoms with Crippen LogP contribution in [0.5, 0.6) is 0 Å². The molecule has 0 saturated heterocycles. The van der Waals surface area contributed by atoms with Crippen molar-refractivity contribution >= 4 is 11.3 Å². The van der Waals surface area contributed by atoms with Gasteiger partial charge in [-0.3, -0.25) is 0 Å². The van der Waals surface area contributed by atoms with Gasteiger partial charge in [-0.2, -0.15) is 0 Å². The first-order valence-corrected chi connectivity index (χ1v) is 7.60. The predicted octanol–water partition coefficient (Wildman–Crippen LogP) is 3.67. The Morgan fingerprint density at radius 1 is 1.11 bits per heavy atom. The van der Waals surface area contributed by atoms with Gasteiger partial charge in [-0.15, -0.1) is 11.3 Å². The molecule has 0 spiro atoms. The summed E-state index contributed by atoms with van der Waals surface area (Å²) in [7, 11) is 0. The Hall–Kier alpha value is -1.12. The molecular weight excluding hydrogens is 238 g/mol. The van der Waals surface area contributed by atoms with Crippen LogP contribution in [-0.2, 0) is 19.3 Å². The zero-order valence-electron chi connectivity index (χ0n) is 10.8. The van der Waals surface area contributed by atoms with Crippen molar-refractivity contribution < 1.29 is 0 Å². The minimum Gasteiger partial charge on any atom is -0.316 e. The fourth-order valence-electron chi connectivity index (χ4n) is 2.49. The van der Waals surface area contributed by atoms with Crippen LogP contribution in [0.1, 0.15) is 22.9 Å². The van der Waals surface area contributed by atoms with Crippen LogP contribution in [0.25, 0.3) is 10.4 Å². The van der Waals surface area contributed by atoms with Gasteiger partial charge in [0.1, 0.15) is 0 Å². The summed E-state index contributed by atoms with van der Waals surface area (Å²) in [5.74, 6) is 0. The highest BCUT2D eigenvalue weighted by atomic mass is 32.1. The number of fused-ring (bicyclic) bond motifs is 1. The Morgan fingerprint density at radius 3 is 2.67 bits per heavy atom. The molecule has 2 heteroatoms. The molecule has 1 aromatic heterocycles. The lowest BCUT2D eigenvalue weighted by molar-refractivity contribution is 0.712.